The maximum absolute atomic E-state index is 10.7. The Morgan fingerprint density at radius 1 is 0.938 bits per heavy atom. The molecule has 7 heteroatoms. The molecule has 0 radical (unpaired) electrons. The lowest BCUT2D eigenvalue weighted by Gasteiger charge is -2.17. The summed E-state index contributed by atoms with van der Waals surface area (Å²) in [4.78, 5) is 10.3. The number of benzene rings is 3. The van der Waals surface area contributed by atoms with Crippen molar-refractivity contribution in [2.45, 2.75) is 27.0 Å². The maximum Gasteiger partial charge on any atom is 0.269 e. The Bertz CT molecular complexity index is 1000. The number of rotatable bonds is 12. The van der Waals surface area contributed by atoms with Gasteiger partial charge in [-0.05, 0) is 37.6 Å². The van der Waals surface area contributed by atoms with Crippen molar-refractivity contribution in [2.24, 2.45) is 0 Å². The van der Waals surface area contributed by atoms with E-state index in [2.05, 4.69) is 41.8 Å². The van der Waals surface area contributed by atoms with Crippen LogP contribution in [0.25, 0.3) is 0 Å². The number of nitrogens with one attached hydrogen (secondary N) is 2. The molecular formula is C25H29N3O4. The van der Waals surface area contributed by atoms with Gasteiger partial charge in [0.05, 0.1) is 11.5 Å². The molecule has 0 aliphatic rings. The van der Waals surface area contributed by atoms with Gasteiger partial charge in [0.15, 0.2) is 11.5 Å². The van der Waals surface area contributed by atoms with Gasteiger partial charge in [-0.3, -0.25) is 10.1 Å². The molecule has 0 fully saturated rings. The normalized spacial score (nSPS) is 10.6. The van der Waals surface area contributed by atoms with Crippen LogP contribution < -0.4 is 20.1 Å². The first-order valence-corrected chi connectivity index (χ1v) is 10.7. The van der Waals surface area contributed by atoms with Crippen molar-refractivity contribution < 1.29 is 14.4 Å². The first-order valence-electron chi connectivity index (χ1n) is 10.7. The summed E-state index contributed by atoms with van der Waals surface area (Å²) in [5, 5.41) is 17.4. The molecule has 0 aromatic heterocycles. The summed E-state index contributed by atoms with van der Waals surface area (Å²) in [6, 6.07) is 20.6. The number of anilines is 1. The van der Waals surface area contributed by atoms with Crippen LogP contribution in [0.2, 0.25) is 0 Å². The fourth-order valence-electron chi connectivity index (χ4n) is 3.19. The molecular weight excluding hydrogens is 406 g/mol. The number of para-hydroxylation sites is 1. The zero-order valence-corrected chi connectivity index (χ0v) is 18.5. The van der Waals surface area contributed by atoms with E-state index in [4.69, 9.17) is 9.47 Å². The van der Waals surface area contributed by atoms with E-state index in [0.29, 0.717) is 32.8 Å². The van der Waals surface area contributed by atoms with Crippen LogP contribution in [0, 0.1) is 17.0 Å². The minimum atomic E-state index is -0.403. The third-order valence-electron chi connectivity index (χ3n) is 4.89. The van der Waals surface area contributed by atoms with Gasteiger partial charge >= 0.3 is 0 Å². The third kappa shape index (κ3) is 6.72. The third-order valence-corrected chi connectivity index (χ3v) is 4.89. The van der Waals surface area contributed by atoms with Gasteiger partial charge in [0, 0.05) is 43.0 Å². The zero-order chi connectivity index (χ0) is 22.8. The topological polar surface area (TPSA) is 85.7 Å². The molecule has 2 N–H and O–H groups in total. The Morgan fingerprint density at radius 3 is 2.38 bits per heavy atom. The van der Waals surface area contributed by atoms with Crippen molar-refractivity contribution in [1.82, 2.24) is 5.32 Å². The molecule has 0 heterocycles. The lowest BCUT2D eigenvalue weighted by atomic mass is 10.1. The predicted molar refractivity (Wildman–Crippen MR) is 126 cm³/mol. The Kier molecular flexibility index (Phi) is 8.45. The van der Waals surface area contributed by atoms with E-state index in [0.717, 1.165) is 28.3 Å². The number of nitro groups is 1. The average molecular weight is 436 g/mol. The fourth-order valence-corrected chi connectivity index (χ4v) is 3.19. The Labute approximate surface area is 188 Å². The molecule has 0 amide bonds. The van der Waals surface area contributed by atoms with Crippen molar-refractivity contribution in [3.63, 3.8) is 0 Å². The molecule has 32 heavy (non-hydrogen) atoms. The van der Waals surface area contributed by atoms with E-state index in [1.807, 2.05) is 25.1 Å². The van der Waals surface area contributed by atoms with E-state index in [1.54, 1.807) is 12.1 Å². The summed E-state index contributed by atoms with van der Waals surface area (Å²) < 4.78 is 12.0. The molecule has 0 atom stereocenters. The molecule has 0 aliphatic heterocycles. The number of hydrogen-bond donors (Lipinski definition) is 2. The van der Waals surface area contributed by atoms with Crippen LogP contribution in [0.4, 0.5) is 11.4 Å². The standard InChI is InChI=1S/C25H29N3O4/c1-3-31-24-6-4-5-21(25(24)32-18-20-9-7-19(2)8-10-20)17-26-15-16-27-22-11-13-23(14-12-22)28(29)30/h4-14,26-27H,3,15-18H2,1-2H3. The molecule has 7 nitrogen and oxygen atoms in total. The van der Waals surface area contributed by atoms with Crippen LogP contribution in [-0.4, -0.2) is 24.6 Å². The number of nitro benzene ring substituents is 1. The SMILES string of the molecule is CCOc1cccc(CNCCNc2ccc([N+](=O)[O-])cc2)c1OCc1ccc(C)cc1. The second-order valence-electron chi connectivity index (χ2n) is 7.36. The van der Waals surface area contributed by atoms with Crippen molar-refractivity contribution >= 4 is 11.4 Å². The molecule has 3 aromatic rings. The Morgan fingerprint density at radius 2 is 1.69 bits per heavy atom. The van der Waals surface area contributed by atoms with E-state index in [1.165, 1.54) is 17.7 Å². The van der Waals surface area contributed by atoms with Gasteiger partial charge in [-0.1, -0.05) is 42.0 Å². The van der Waals surface area contributed by atoms with Gasteiger partial charge in [0.25, 0.3) is 5.69 Å². The van der Waals surface area contributed by atoms with Gasteiger partial charge in [0.1, 0.15) is 6.61 Å². The Balaban J connectivity index is 1.54. The van der Waals surface area contributed by atoms with Crippen LogP contribution >= 0.6 is 0 Å². The predicted octanol–water partition coefficient (Wildman–Crippen LogP) is 5.08. The van der Waals surface area contributed by atoms with Gasteiger partial charge in [-0.2, -0.15) is 0 Å². The van der Waals surface area contributed by atoms with Gasteiger partial charge in [-0.25, -0.2) is 0 Å². The number of nitrogens with zero attached hydrogens (tertiary/aromatic N) is 1. The maximum atomic E-state index is 10.7. The average Bonchev–Trinajstić information content (AvgIpc) is 2.80. The van der Waals surface area contributed by atoms with Crippen LogP contribution in [0.15, 0.2) is 66.7 Å². The van der Waals surface area contributed by atoms with Crippen molar-refractivity contribution in [3.8, 4) is 11.5 Å². The van der Waals surface area contributed by atoms with Crippen LogP contribution in [0.1, 0.15) is 23.6 Å². The fraction of sp³-hybridized carbons (Fsp3) is 0.280. The summed E-state index contributed by atoms with van der Waals surface area (Å²) in [6.45, 7) is 7.09. The molecule has 0 bridgehead atoms. The van der Waals surface area contributed by atoms with E-state index in [9.17, 15) is 10.1 Å². The van der Waals surface area contributed by atoms with Gasteiger partial charge < -0.3 is 20.1 Å². The highest BCUT2D eigenvalue weighted by molar-refractivity contribution is 5.49. The van der Waals surface area contributed by atoms with Crippen LogP contribution in [0.3, 0.4) is 0 Å². The summed E-state index contributed by atoms with van der Waals surface area (Å²) in [7, 11) is 0. The highest BCUT2D eigenvalue weighted by atomic mass is 16.6. The number of non-ortho nitro benzene ring substituents is 1. The quantitative estimate of drug-likeness (QED) is 0.234. The van der Waals surface area contributed by atoms with E-state index >= 15 is 0 Å². The highest BCUT2D eigenvalue weighted by Crippen LogP contribution is 2.32. The van der Waals surface area contributed by atoms with E-state index < -0.39 is 4.92 Å². The van der Waals surface area contributed by atoms with Gasteiger partial charge in [-0.15, -0.1) is 0 Å². The number of aryl methyl sites for hydroxylation is 1. The Hall–Kier alpha value is -3.58. The minimum Gasteiger partial charge on any atom is -0.490 e. The van der Waals surface area contributed by atoms with Crippen molar-refractivity contribution in [2.75, 3.05) is 25.0 Å². The minimum absolute atomic E-state index is 0.0843. The summed E-state index contributed by atoms with van der Waals surface area (Å²) in [6.07, 6.45) is 0. The van der Waals surface area contributed by atoms with Crippen LogP contribution in [0.5, 0.6) is 11.5 Å². The monoisotopic (exact) mass is 435 g/mol. The zero-order valence-electron chi connectivity index (χ0n) is 18.5. The summed E-state index contributed by atoms with van der Waals surface area (Å²) in [5.74, 6) is 1.49. The van der Waals surface area contributed by atoms with Crippen LogP contribution in [-0.2, 0) is 13.2 Å². The second-order valence-corrected chi connectivity index (χ2v) is 7.36. The number of hydrogen-bond acceptors (Lipinski definition) is 6. The molecule has 0 spiro atoms. The molecule has 0 saturated carbocycles. The number of ether oxygens (including phenoxy) is 2. The summed E-state index contributed by atoms with van der Waals surface area (Å²) >= 11 is 0. The molecule has 168 valence electrons. The van der Waals surface area contributed by atoms with Gasteiger partial charge in [0.2, 0.25) is 0 Å². The lowest BCUT2D eigenvalue weighted by Crippen LogP contribution is -2.22. The highest BCUT2D eigenvalue weighted by Gasteiger charge is 2.11. The lowest BCUT2D eigenvalue weighted by molar-refractivity contribution is -0.384. The first kappa shape index (κ1) is 23.1. The molecule has 0 aliphatic carbocycles. The van der Waals surface area contributed by atoms with Crippen molar-refractivity contribution in [1.29, 1.82) is 0 Å². The molecule has 3 rings (SSSR count). The molecule has 3 aromatic carbocycles. The first-order chi connectivity index (χ1) is 15.6. The van der Waals surface area contributed by atoms with E-state index in [-0.39, 0.29) is 5.69 Å². The summed E-state index contributed by atoms with van der Waals surface area (Å²) in [5.41, 5.74) is 4.28. The van der Waals surface area contributed by atoms with Crippen molar-refractivity contribution in [3.05, 3.63) is 93.5 Å². The smallest absolute Gasteiger partial charge is 0.269 e. The molecule has 0 unspecified atom stereocenters. The molecule has 0 saturated heterocycles. The largest absolute Gasteiger partial charge is 0.490 e. The second kappa shape index (κ2) is 11.7.